The molecule has 2 aromatic rings. The van der Waals surface area contributed by atoms with Crippen molar-refractivity contribution in [2.75, 3.05) is 13.7 Å². The lowest BCUT2D eigenvalue weighted by molar-refractivity contribution is -0.135. The van der Waals surface area contributed by atoms with Crippen molar-refractivity contribution in [3.63, 3.8) is 0 Å². The molecule has 2 heterocycles. The van der Waals surface area contributed by atoms with E-state index in [0.717, 1.165) is 29.9 Å². The van der Waals surface area contributed by atoms with Crippen LogP contribution in [-0.2, 0) is 9.53 Å². The summed E-state index contributed by atoms with van der Waals surface area (Å²) in [6.45, 7) is 4.46. The average molecular weight is 407 g/mol. The van der Waals surface area contributed by atoms with Gasteiger partial charge in [0.1, 0.15) is 11.9 Å². The van der Waals surface area contributed by atoms with Gasteiger partial charge in [-0.2, -0.15) is 0 Å². The van der Waals surface area contributed by atoms with E-state index in [4.69, 9.17) is 0 Å². The summed E-state index contributed by atoms with van der Waals surface area (Å²) in [5.41, 5.74) is 1.98. The molecule has 1 aromatic heterocycles. The maximum Gasteiger partial charge on any atom is 0.407 e. The predicted octanol–water partition coefficient (Wildman–Crippen LogP) is 3.54. The number of hydrogen-bond acceptors (Lipinski definition) is 4. The summed E-state index contributed by atoms with van der Waals surface area (Å²) in [6.07, 6.45) is 2.96. The second-order valence-electron chi connectivity index (χ2n) is 7.10. The van der Waals surface area contributed by atoms with Crippen molar-refractivity contribution in [3.05, 3.63) is 42.4 Å². The Balaban J connectivity index is 0.00000280. The lowest BCUT2D eigenvalue weighted by Crippen LogP contribution is -2.51. The summed E-state index contributed by atoms with van der Waals surface area (Å²) < 4.78 is 4.67. The molecule has 28 heavy (non-hydrogen) atoms. The number of halogens is 1. The van der Waals surface area contributed by atoms with Crippen LogP contribution in [0.5, 0.6) is 0 Å². The number of hydrogen-bond donors (Lipinski definition) is 2. The van der Waals surface area contributed by atoms with Crippen molar-refractivity contribution < 1.29 is 14.3 Å². The smallest absolute Gasteiger partial charge is 0.407 e. The molecule has 0 saturated carbocycles. The van der Waals surface area contributed by atoms with Crippen molar-refractivity contribution in [3.8, 4) is 11.3 Å². The number of benzene rings is 1. The molecule has 8 heteroatoms. The summed E-state index contributed by atoms with van der Waals surface area (Å²) in [7, 11) is 1.30. The fraction of sp³-hybridized carbons (Fsp3) is 0.450. The monoisotopic (exact) mass is 406 g/mol. The van der Waals surface area contributed by atoms with Crippen LogP contribution in [0.2, 0.25) is 0 Å². The number of aromatic nitrogens is 2. The number of carbonyl (C=O) groups is 2. The minimum Gasteiger partial charge on any atom is -0.453 e. The third kappa shape index (κ3) is 4.65. The standard InChI is InChI=1S/C20H26N4O3.ClH/c1-13(2)17(23-20(26)27-3)19(25)24-11-7-10-16(24)18-21-12-15(22-18)14-8-5-4-6-9-14;/h4-6,8-9,12-13,16-17H,7,10-11H2,1-3H3,(H,21,22)(H,23,26);1H. The molecule has 152 valence electrons. The number of H-pyrrole nitrogens is 1. The van der Waals surface area contributed by atoms with Crippen LogP contribution in [0.25, 0.3) is 11.3 Å². The highest BCUT2D eigenvalue weighted by Gasteiger charge is 2.37. The van der Waals surface area contributed by atoms with Gasteiger partial charge in [-0.3, -0.25) is 4.79 Å². The van der Waals surface area contributed by atoms with Gasteiger partial charge in [0.15, 0.2) is 0 Å². The molecule has 2 unspecified atom stereocenters. The Hall–Kier alpha value is -2.54. The number of rotatable bonds is 5. The number of ether oxygens (including phenoxy) is 1. The van der Waals surface area contributed by atoms with Gasteiger partial charge in [-0.05, 0) is 24.3 Å². The molecule has 1 aromatic carbocycles. The van der Waals surface area contributed by atoms with Crippen LogP contribution in [0.15, 0.2) is 36.5 Å². The first-order valence-corrected chi connectivity index (χ1v) is 9.26. The van der Waals surface area contributed by atoms with Gasteiger partial charge in [0, 0.05) is 6.54 Å². The Morgan fingerprint density at radius 1 is 1.29 bits per heavy atom. The van der Waals surface area contributed by atoms with E-state index in [9.17, 15) is 9.59 Å². The first-order chi connectivity index (χ1) is 13.0. The van der Waals surface area contributed by atoms with Crippen LogP contribution < -0.4 is 5.32 Å². The minimum absolute atomic E-state index is 0. The number of methoxy groups -OCH3 is 1. The van der Waals surface area contributed by atoms with E-state index in [2.05, 4.69) is 20.0 Å². The number of nitrogens with zero attached hydrogens (tertiary/aromatic N) is 2. The SMILES string of the molecule is COC(=O)NC(C(=O)N1CCCC1c1ncc(-c2ccccc2)[nH]1)C(C)C.Cl. The highest BCUT2D eigenvalue weighted by molar-refractivity contribution is 5.86. The van der Waals surface area contributed by atoms with Crippen LogP contribution in [0.1, 0.15) is 38.6 Å². The molecule has 0 spiro atoms. The largest absolute Gasteiger partial charge is 0.453 e. The molecule has 0 bridgehead atoms. The summed E-state index contributed by atoms with van der Waals surface area (Å²) in [5.74, 6) is 0.630. The van der Waals surface area contributed by atoms with E-state index in [0.29, 0.717) is 6.54 Å². The van der Waals surface area contributed by atoms with Crippen LogP contribution in [0, 0.1) is 5.92 Å². The highest BCUT2D eigenvalue weighted by Crippen LogP contribution is 2.32. The summed E-state index contributed by atoms with van der Waals surface area (Å²) in [4.78, 5) is 34.4. The Kier molecular flexibility index (Phi) is 7.45. The molecule has 0 aliphatic carbocycles. The number of carbonyl (C=O) groups excluding carboxylic acids is 2. The van der Waals surface area contributed by atoms with Crippen LogP contribution in [0.4, 0.5) is 4.79 Å². The van der Waals surface area contributed by atoms with E-state index in [1.54, 1.807) is 6.20 Å². The van der Waals surface area contributed by atoms with Crippen molar-refractivity contribution >= 4 is 24.4 Å². The fourth-order valence-electron chi connectivity index (χ4n) is 3.46. The van der Waals surface area contributed by atoms with Gasteiger partial charge in [0.05, 0.1) is 25.0 Å². The molecule has 7 nitrogen and oxygen atoms in total. The Bertz CT molecular complexity index is 794. The molecule has 2 amide bonds. The second-order valence-corrected chi connectivity index (χ2v) is 7.10. The Labute approximate surface area is 171 Å². The van der Waals surface area contributed by atoms with Crippen molar-refractivity contribution in [1.29, 1.82) is 0 Å². The van der Waals surface area contributed by atoms with Crippen molar-refractivity contribution in [2.24, 2.45) is 5.92 Å². The number of nitrogens with one attached hydrogen (secondary N) is 2. The first-order valence-electron chi connectivity index (χ1n) is 9.26. The van der Waals surface area contributed by atoms with Crippen molar-refractivity contribution in [2.45, 2.75) is 38.8 Å². The quantitative estimate of drug-likeness (QED) is 0.794. The van der Waals surface area contributed by atoms with E-state index in [-0.39, 0.29) is 30.3 Å². The van der Waals surface area contributed by atoms with Gasteiger partial charge in [0.2, 0.25) is 5.91 Å². The zero-order valence-electron chi connectivity index (χ0n) is 16.3. The zero-order valence-corrected chi connectivity index (χ0v) is 17.2. The molecular formula is C20H27ClN4O3. The average Bonchev–Trinajstić information content (AvgIpc) is 3.34. The van der Waals surface area contributed by atoms with Gasteiger partial charge in [-0.1, -0.05) is 44.2 Å². The lowest BCUT2D eigenvalue weighted by Gasteiger charge is -2.30. The lowest BCUT2D eigenvalue weighted by atomic mass is 10.0. The molecular weight excluding hydrogens is 380 g/mol. The van der Waals surface area contributed by atoms with Crippen LogP contribution >= 0.6 is 12.4 Å². The number of likely N-dealkylation sites (tertiary alicyclic amines) is 1. The zero-order chi connectivity index (χ0) is 19.4. The molecule has 0 radical (unpaired) electrons. The topological polar surface area (TPSA) is 87.3 Å². The number of alkyl carbamates (subject to hydrolysis) is 1. The molecule has 1 aliphatic rings. The van der Waals surface area contributed by atoms with Crippen LogP contribution in [-0.4, -0.2) is 46.6 Å². The molecule has 1 aliphatic heterocycles. The van der Waals surface area contributed by atoms with Gasteiger partial charge in [-0.15, -0.1) is 12.4 Å². The summed E-state index contributed by atoms with van der Waals surface area (Å²) in [6, 6.07) is 9.23. The Morgan fingerprint density at radius 2 is 2.00 bits per heavy atom. The number of aromatic amines is 1. The van der Waals surface area contributed by atoms with E-state index < -0.39 is 12.1 Å². The first kappa shape index (κ1) is 21.8. The second kappa shape index (κ2) is 9.59. The summed E-state index contributed by atoms with van der Waals surface area (Å²) in [5, 5.41) is 2.66. The molecule has 2 N–H and O–H groups in total. The maximum atomic E-state index is 13.1. The molecule has 1 saturated heterocycles. The Morgan fingerprint density at radius 3 is 2.64 bits per heavy atom. The van der Waals surface area contributed by atoms with Gasteiger partial charge in [0.25, 0.3) is 0 Å². The minimum atomic E-state index is -0.624. The number of amides is 2. The van der Waals surface area contributed by atoms with E-state index in [1.807, 2.05) is 49.1 Å². The number of imidazole rings is 1. The predicted molar refractivity (Wildman–Crippen MR) is 109 cm³/mol. The molecule has 2 atom stereocenters. The fourth-order valence-corrected chi connectivity index (χ4v) is 3.46. The normalized spacial score (nSPS) is 17.1. The highest BCUT2D eigenvalue weighted by atomic mass is 35.5. The van der Waals surface area contributed by atoms with E-state index >= 15 is 0 Å². The maximum absolute atomic E-state index is 13.1. The third-order valence-electron chi connectivity index (χ3n) is 4.92. The van der Waals surface area contributed by atoms with E-state index in [1.165, 1.54) is 7.11 Å². The van der Waals surface area contributed by atoms with Gasteiger partial charge >= 0.3 is 6.09 Å². The van der Waals surface area contributed by atoms with Gasteiger partial charge in [-0.25, -0.2) is 9.78 Å². The van der Waals surface area contributed by atoms with Gasteiger partial charge < -0.3 is 19.9 Å². The molecule has 3 rings (SSSR count). The molecule has 1 fully saturated rings. The van der Waals surface area contributed by atoms with Crippen molar-refractivity contribution in [1.82, 2.24) is 20.2 Å². The third-order valence-corrected chi connectivity index (χ3v) is 4.92. The van der Waals surface area contributed by atoms with Crippen LogP contribution in [0.3, 0.4) is 0 Å². The summed E-state index contributed by atoms with van der Waals surface area (Å²) >= 11 is 0.